The monoisotopic (exact) mass is 287 g/mol. The van der Waals surface area contributed by atoms with Gasteiger partial charge < -0.3 is 16.2 Å². The van der Waals surface area contributed by atoms with Crippen molar-refractivity contribution in [3.05, 3.63) is 36.0 Å². The van der Waals surface area contributed by atoms with Crippen molar-refractivity contribution < 1.29 is 9.90 Å². The summed E-state index contributed by atoms with van der Waals surface area (Å²) >= 11 is 0. The first-order valence-corrected chi connectivity index (χ1v) is 6.82. The predicted octanol–water partition coefficient (Wildman–Crippen LogP) is 2.10. The molecule has 0 aliphatic heterocycles. The molecule has 112 valence electrons. The molecule has 0 radical (unpaired) electrons. The lowest BCUT2D eigenvalue weighted by Crippen LogP contribution is -2.57. The Hall–Kier alpha value is -2.14. The van der Waals surface area contributed by atoms with Gasteiger partial charge in [0.25, 0.3) is 5.91 Å². The van der Waals surface area contributed by atoms with Crippen LogP contribution in [0.1, 0.15) is 38.2 Å². The molecular weight excluding hydrogens is 266 g/mol. The molecule has 21 heavy (non-hydrogen) atoms. The SMILES string of the molecule is CC(C)(O)C(C)(C)NC(=O)c1cc(N)c2ccccc2n1. The minimum atomic E-state index is -1.06. The molecule has 0 saturated heterocycles. The molecule has 0 fully saturated rings. The molecule has 0 spiro atoms. The third-order valence-corrected chi connectivity index (χ3v) is 3.94. The number of carbonyl (C=O) groups is 1. The van der Waals surface area contributed by atoms with Gasteiger partial charge in [0.1, 0.15) is 5.69 Å². The van der Waals surface area contributed by atoms with E-state index in [0.717, 1.165) is 5.39 Å². The van der Waals surface area contributed by atoms with Crippen molar-refractivity contribution in [1.29, 1.82) is 0 Å². The molecule has 2 rings (SSSR count). The fourth-order valence-corrected chi connectivity index (χ4v) is 1.82. The van der Waals surface area contributed by atoms with Crippen LogP contribution in [0.2, 0.25) is 0 Å². The van der Waals surface area contributed by atoms with E-state index in [9.17, 15) is 9.90 Å². The zero-order valence-electron chi connectivity index (χ0n) is 12.8. The number of rotatable bonds is 3. The summed E-state index contributed by atoms with van der Waals surface area (Å²) in [5.74, 6) is -0.362. The van der Waals surface area contributed by atoms with E-state index in [4.69, 9.17) is 5.73 Å². The Kier molecular flexibility index (Phi) is 3.63. The first-order chi connectivity index (χ1) is 9.62. The summed E-state index contributed by atoms with van der Waals surface area (Å²) in [6.45, 7) is 6.82. The van der Waals surface area contributed by atoms with Crippen LogP contribution in [-0.4, -0.2) is 27.1 Å². The number of para-hydroxylation sites is 1. The summed E-state index contributed by atoms with van der Waals surface area (Å²) in [6.07, 6.45) is 0. The second kappa shape index (κ2) is 5.00. The molecule has 1 heterocycles. The Labute approximate surface area is 124 Å². The van der Waals surface area contributed by atoms with Gasteiger partial charge in [0.05, 0.1) is 16.7 Å². The van der Waals surface area contributed by atoms with E-state index in [1.165, 1.54) is 0 Å². The Morgan fingerprint density at radius 3 is 2.48 bits per heavy atom. The molecule has 1 aromatic heterocycles. The van der Waals surface area contributed by atoms with Crippen LogP contribution in [0.5, 0.6) is 0 Å². The number of aliphatic hydroxyl groups is 1. The maximum atomic E-state index is 12.4. The molecule has 0 aliphatic rings. The van der Waals surface area contributed by atoms with Crippen molar-refractivity contribution in [2.45, 2.75) is 38.8 Å². The fourth-order valence-electron chi connectivity index (χ4n) is 1.82. The van der Waals surface area contributed by atoms with Gasteiger partial charge in [0.2, 0.25) is 0 Å². The number of nitrogens with two attached hydrogens (primary N) is 1. The lowest BCUT2D eigenvalue weighted by Gasteiger charge is -2.37. The number of hydrogen-bond donors (Lipinski definition) is 3. The summed E-state index contributed by atoms with van der Waals surface area (Å²) in [6, 6.07) is 8.94. The Balaban J connectivity index is 2.37. The fraction of sp³-hybridized carbons (Fsp3) is 0.375. The number of aromatic nitrogens is 1. The van der Waals surface area contributed by atoms with E-state index < -0.39 is 11.1 Å². The van der Waals surface area contributed by atoms with Crippen LogP contribution in [0.4, 0.5) is 5.69 Å². The van der Waals surface area contributed by atoms with Gasteiger partial charge in [-0.05, 0) is 39.8 Å². The van der Waals surface area contributed by atoms with Crippen LogP contribution in [0.15, 0.2) is 30.3 Å². The molecule has 1 aromatic carbocycles. The Morgan fingerprint density at radius 1 is 1.24 bits per heavy atom. The van der Waals surface area contributed by atoms with Gasteiger partial charge in [0, 0.05) is 11.1 Å². The smallest absolute Gasteiger partial charge is 0.270 e. The second-order valence-corrected chi connectivity index (χ2v) is 6.25. The Morgan fingerprint density at radius 2 is 1.86 bits per heavy atom. The standard InChI is InChI=1S/C16H21N3O2/c1-15(2,16(3,4)21)19-14(20)13-9-11(17)10-7-5-6-8-12(10)18-13/h5-9,21H,1-4H3,(H2,17,18)(H,19,20). The molecule has 5 heteroatoms. The average Bonchev–Trinajstić information content (AvgIpc) is 2.36. The van der Waals surface area contributed by atoms with Crippen LogP contribution in [-0.2, 0) is 0 Å². The van der Waals surface area contributed by atoms with Crippen molar-refractivity contribution in [2.24, 2.45) is 0 Å². The first-order valence-electron chi connectivity index (χ1n) is 6.82. The van der Waals surface area contributed by atoms with Crippen molar-refractivity contribution in [3.8, 4) is 0 Å². The predicted molar refractivity (Wildman–Crippen MR) is 84.0 cm³/mol. The molecule has 0 atom stereocenters. The first kappa shape index (κ1) is 15.3. The van der Waals surface area contributed by atoms with Crippen molar-refractivity contribution >= 4 is 22.5 Å². The number of amides is 1. The largest absolute Gasteiger partial charge is 0.398 e. The number of hydrogen-bond acceptors (Lipinski definition) is 4. The number of pyridine rings is 1. The van der Waals surface area contributed by atoms with Crippen LogP contribution in [0.3, 0.4) is 0 Å². The van der Waals surface area contributed by atoms with Crippen LogP contribution >= 0.6 is 0 Å². The highest BCUT2D eigenvalue weighted by molar-refractivity contribution is 5.99. The molecule has 2 aromatic rings. The van der Waals surface area contributed by atoms with E-state index in [1.807, 2.05) is 24.3 Å². The molecule has 0 bridgehead atoms. The number of carbonyl (C=O) groups excluding carboxylic acids is 1. The van der Waals surface area contributed by atoms with Gasteiger partial charge in [-0.15, -0.1) is 0 Å². The maximum absolute atomic E-state index is 12.4. The average molecular weight is 287 g/mol. The number of anilines is 1. The van der Waals surface area contributed by atoms with Crippen molar-refractivity contribution in [1.82, 2.24) is 10.3 Å². The number of fused-ring (bicyclic) bond motifs is 1. The number of benzene rings is 1. The summed E-state index contributed by atoms with van der Waals surface area (Å²) in [5.41, 5.74) is 5.53. The molecular formula is C16H21N3O2. The van der Waals surface area contributed by atoms with E-state index in [1.54, 1.807) is 33.8 Å². The van der Waals surface area contributed by atoms with Crippen LogP contribution < -0.4 is 11.1 Å². The third-order valence-electron chi connectivity index (χ3n) is 3.94. The second-order valence-electron chi connectivity index (χ2n) is 6.25. The van der Waals surface area contributed by atoms with Gasteiger partial charge in [-0.1, -0.05) is 18.2 Å². The van der Waals surface area contributed by atoms with Crippen LogP contribution in [0.25, 0.3) is 10.9 Å². The van der Waals surface area contributed by atoms with Gasteiger partial charge in [-0.25, -0.2) is 4.98 Å². The lowest BCUT2D eigenvalue weighted by molar-refractivity contribution is -0.00301. The molecule has 5 nitrogen and oxygen atoms in total. The van der Waals surface area contributed by atoms with E-state index in [2.05, 4.69) is 10.3 Å². The molecule has 1 amide bonds. The zero-order valence-corrected chi connectivity index (χ0v) is 12.8. The molecule has 0 aliphatic carbocycles. The highest BCUT2D eigenvalue weighted by Gasteiger charge is 2.36. The van der Waals surface area contributed by atoms with Crippen molar-refractivity contribution in [2.75, 3.05) is 5.73 Å². The zero-order chi connectivity index (χ0) is 15.8. The quantitative estimate of drug-likeness (QED) is 0.806. The molecule has 4 N–H and O–H groups in total. The van der Waals surface area contributed by atoms with Crippen molar-refractivity contribution in [3.63, 3.8) is 0 Å². The molecule has 0 saturated carbocycles. The van der Waals surface area contributed by atoms with Gasteiger partial charge in [-0.3, -0.25) is 4.79 Å². The highest BCUT2D eigenvalue weighted by Crippen LogP contribution is 2.23. The summed E-state index contributed by atoms with van der Waals surface area (Å²) in [4.78, 5) is 16.7. The van der Waals surface area contributed by atoms with E-state index >= 15 is 0 Å². The van der Waals surface area contributed by atoms with Crippen LogP contribution in [0, 0.1) is 0 Å². The highest BCUT2D eigenvalue weighted by atomic mass is 16.3. The number of nitrogens with zero attached hydrogens (tertiary/aromatic N) is 1. The van der Waals surface area contributed by atoms with E-state index in [-0.39, 0.29) is 11.6 Å². The van der Waals surface area contributed by atoms with E-state index in [0.29, 0.717) is 11.2 Å². The molecule has 0 unspecified atom stereocenters. The topological polar surface area (TPSA) is 88.2 Å². The number of nitrogen functional groups attached to an aromatic ring is 1. The minimum absolute atomic E-state index is 0.239. The summed E-state index contributed by atoms with van der Waals surface area (Å²) in [7, 11) is 0. The summed E-state index contributed by atoms with van der Waals surface area (Å²) in [5, 5.41) is 13.7. The van der Waals surface area contributed by atoms with Gasteiger partial charge in [0.15, 0.2) is 0 Å². The van der Waals surface area contributed by atoms with Gasteiger partial charge >= 0.3 is 0 Å². The minimum Gasteiger partial charge on any atom is -0.398 e. The maximum Gasteiger partial charge on any atom is 0.270 e. The number of nitrogens with one attached hydrogen (secondary N) is 1. The third kappa shape index (κ3) is 2.97. The normalized spacial score (nSPS) is 12.4. The Bertz CT molecular complexity index is 687. The van der Waals surface area contributed by atoms with Gasteiger partial charge in [-0.2, -0.15) is 0 Å². The summed E-state index contributed by atoms with van der Waals surface area (Å²) < 4.78 is 0. The lowest BCUT2D eigenvalue weighted by atomic mass is 9.86.